The summed E-state index contributed by atoms with van der Waals surface area (Å²) in [6.45, 7) is 0. The van der Waals surface area contributed by atoms with Gasteiger partial charge < -0.3 is 4.74 Å². The Hall–Kier alpha value is -3.28. The standard InChI is InChI=1S/C25H18N2OS2/c1-28-21-13-11-17(12-14-21)22-16-29-25(27-22)20-9-7-18(8-10-20)23-15-26-24(30-23)19-5-3-2-4-6-19/h2-16H,1H3. The zero-order valence-corrected chi connectivity index (χ0v) is 17.9. The van der Waals surface area contributed by atoms with Gasteiger partial charge in [-0.05, 0) is 29.8 Å². The summed E-state index contributed by atoms with van der Waals surface area (Å²) in [5.74, 6) is 0.850. The SMILES string of the molecule is COc1ccc(-c2csc(-c3ccc(-c4cnc(-c5ccccc5)s4)cc3)n2)cc1. The largest absolute Gasteiger partial charge is 0.497 e. The number of ether oxygens (including phenoxy) is 1. The van der Waals surface area contributed by atoms with Gasteiger partial charge in [-0.2, -0.15) is 0 Å². The second-order valence-corrected chi connectivity index (χ2v) is 8.63. The molecule has 5 rings (SSSR count). The minimum Gasteiger partial charge on any atom is -0.497 e. The molecule has 3 nitrogen and oxygen atoms in total. The molecule has 0 atom stereocenters. The quantitative estimate of drug-likeness (QED) is 0.296. The van der Waals surface area contributed by atoms with Crippen LogP contribution in [0.25, 0.3) is 42.8 Å². The van der Waals surface area contributed by atoms with Crippen molar-refractivity contribution in [2.24, 2.45) is 0 Å². The summed E-state index contributed by atoms with van der Waals surface area (Å²) < 4.78 is 5.23. The summed E-state index contributed by atoms with van der Waals surface area (Å²) in [4.78, 5) is 10.6. The van der Waals surface area contributed by atoms with Crippen molar-refractivity contribution in [3.8, 4) is 48.6 Å². The first-order valence-corrected chi connectivity index (χ1v) is 11.2. The Morgan fingerprint density at radius 1 is 0.700 bits per heavy atom. The van der Waals surface area contributed by atoms with Gasteiger partial charge in [0.05, 0.1) is 17.7 Å². The van der Waals surface area contributed by atoms with Gasteiger partial charge in [-0.1, -0.05) is 54.6 Å². The van der Waals surface area contributed by atoms with Crippen LogP contribution in [-0.4, -0.2) is 17.1 Å². The Morgan fingerprint density at radius 2 is 1.37 bits per heavy atom. The highest BCUT2D eigenvalue weighted by molar-refractivity contribution is 7.18. The smallest absolute Gasteiger partial charge is 0.124 e. The normalized spacial score (nSPS) is 10.8. The van der Waals surface area contributed by atoms with Gasteiger partial charge in [-0.15, -0.1) is 22.7 Å². The summed E-state index contributed by atoms with van der Waals surface area (Å²) in [5.41, 5.74) is 5.52. The fraction of sp³-hybridized carbons (Fsp3) is 0.0400. The van der Waals surface area contributed by atoms with Crippen molar-refractivity contribution in [3.05, 3.63) is 90.4 Å². The molecule has 0 N–H and O–H groups in total. The molecule has 0 unspecified atom stereocenters. The van der Waals surface area contributed by atoms with E-state index in [0.29, 0.717) is 0 Å². The summed E-state index contributed by atoms with van der Waals surface area (Å²) in [5, 5.41) is 4.15. The zero-order chi connectivity index (χ0) is 20.3. The van der Waals surface area contributed by atoms with Gasteiger partial charge in [-0.3, -0.25) is 0 Å². The van der Waals surface area contributed by atoms with Crippen molar-refractivity contribution in [1.29, 1.82) is 0 Å². The van der Waals surface area contributed by atoms with Crippen LogP contribution >= 0.6 is 22.7 Å². The van der Waals surface area contributed by atoms with Gasteiger partial charge in [0, 0.05) is 28.3 Å². The Labute approximate surface area is 183 Å². The molecule has 5 aromatic rings. The van der Waals surface area contributed by atoms with Crippen LogP contribution in [-0.2, 0) is 0 Å². The molecular weight excluding hydrogens is 408 g/mol. The molecule has 0 amide bonds. The highest BCUT2D eigenvalue weighted by Crippen LogP contribution is 2.34. The van der Waals surface area contributed by atoms with E-state index in [4.69, 9.17) is 9.72 Å². The predicted molar refractivity (Wildman–Crippen MR) is 126 cm³/mol. The molecule has 146 valence electrons. The third-order valence-corrected chi connectivity index (χ3v) is 6.82. The van der Waals surface area contributed by atoms with Crippen LogP contribution in [0.5, 0.6) is 5.75 Å². The number of aromatic nitrogens is 2. The maximum absolute atomic E-state index is 5.23. The number of benzene rings is 3. The van der Waals surface area contributed by atoms with Gasteiger partial charge in [-0.25, -0.2) is 9.97 Å². The first-order chi connectivity index (χ1) is 14.8. The lowest BCUT2D eigenvalue weighted by atomic mass is 10.1. The fourth-order valence-corrected chi connectivity index (χ4v) is 4.96. The van der Waals surface area contributed by atoms with Crippen molar-refractivity contribution >= 4 is 22.7 Å². The van der Waals surface area contributed by atoms with E-state index in [1.807, 2.05) is 48.7 Å². The molecule has 30 heavy (non-hydrogen) atoms. The fourth-order valence-electron chi connectivity index (χ4n) is 3.20. The maximum atomic E-state index is 5.23. The van der Waals surface area contributed by atoms with Crippen molar-refractivity contribution in [3.63, 3.8) is 0 Å². The monoisotopic (exact) mass is 426 g/mol. The Kier molecular flexibility index (Phi) is 5.13. The topological polar surface area (TPSA) is 35.0 Å². The van der Waals surface area contributed by atoms with Crippen molar-refractivity contribution in [2.75, 3.05) is 7.11 Å². The number of nitrogens with zero attached hydrogens (tertiary/aromatic N) is 2. The van der Waals surface area contributed by atoms with Gasteiger partial charge in [0.25, 0.3) is 0 Å². The van der Waals surface area contributed by atoms with Gasteiger partial charge >= 0.3 is 0 Å². The molecule has 0 fully saturated rings. The predicted octanol–water partition coefficient (Wildman–Crippen LogP) is 7.28. The summed E-state index contributed by atoms with van der Waals surface area (Å²) >= 11 is 3.37. The molecule has 0 spiro atoms. The molecular formula is C25H18N2OS2. The average molecular weight is 427 g/mol. The number of thiazole rings is 2. The lowest BCUT2D eigenvalue weighted by Gasteiger charge is -2.01. The van der Waals surface area contributed by atoms with Crippen LogP contribution < -0.4 is 4.74 Å². The molecule has 0 radical (unpaired) electrons. The van der Waals surface area contributed by atoms with Gasteiger partial charge in [0.1, 0.15) is 15.8 Å². The molecule has 0 aliphatic carbocycles. The highest BCUT2D eigenvalue weighted by Gasteiger charge is 2.09. The number of hydrogen-bond donors (Lipinski definition) is 0. The molecule has 3 aromatic carbocycles. The summed E-state index contributed by atoms with van der Waals surface area (Å²) in [6.07, 6.45) is 1.95. The molecule has 0 saturated heterocycles. The molecule has 2 aromatic heterocycles. The second kappa shape index (κ2) is 8.22. The summed E-state index contributed by atoms with van der Waals surface area (Å²) in [6, 6.07) is 26.8. The van der Waals surface area contributed by atoms with Crippen LogP contribution in [0.1, 0.15) is 0 Å². The number of rotatable bonds is 5. The average Bonchev–Trinajstić information content (AvgIpc) is 3.50. The van der Waals surface area contributed by atoms with E-state index >= 15 is 0 Å². The van der Waals surface area contributed by atoms with Gasteiger partial charge in [0.15, 0.2) is 0 Å². The van der Waals surface area contributed by atoms with E-state index in [2.05, 4.69) is 46.8 Å². The van der Waals surface area contributed by atoms with Crippen LogP contribution in [0, 0.1) is 0 Å². The first-order valence-electron chi connectivity index (χ1n) is 9.52. The molecule has 2 heterocycles. The van der Waals surface area contributed by atoms with E-state index in [9.17, 15) is 0 Å². The van der Waals surface area contributed by atoms with Crippen LogP contribution in [0.2, 0.25) is 0 Å². The Morgan fingerprint density at radius 3 is 2.10 bits per heavy atom. The first kappa shape index (κ1) is 18.7. The van der Waals surface area contributed by atoms with Crippen LogP contribution in [0.3, 0.4) is 0 Å². The van der Waals surface area contributed by atoms with Crippen molar-refractivity contribution < 1.29 is 4.74 Å². The van der Waals surface area contributed by atoms with Gasteiger partial charge in [0.2, 0.25) is 0 Å². The van der Waals surface area contributed by atoms with Crippen molar-refractivity contribution in [2.45, 2.75) is 0 Å². The third kappa shape index (κ3) is 3.77. The lowest BCUT2D eigenvalue weighted by molar-refractivity contribution is 0.415. The van der Waals surface area contributed by atoms with E-state index in [1.54, 1.807) is 29.8 Å². The molecule has 0 bridgehead atoms. The summed E-state index contributed by atoms with van der Waals surface area (Å²) in [7, 11) is 1.67. The van der Waals surface area contributed by atoms with E-state index in [-0.39, 0.29) is 0 Å². The van der Waals surface area contributed by atoms with Crippen LogP contribution in [0.4, 0.5) is 0 Å². The molecule has 0 saturated carbocycles. The maximum Gasteiger partial charge on any atom is 0.124 e. The molecule has 0 aliphatic rings. The minimum absolute atomic E-state index is 0.850. The Bertz CT molecular complexity index is 1260. The number of hydrogen-bond acceptors (Lipinski definition) is 5. The van der Waals surface area contributed by atoms with Crippen LogP contribution in [0.15, 0.2) is 90.4 Å². The second-order valence-electron chi connectivity index (χ2n) is 6.74. The third-order valence-electron chi connectivity index (χ3n) is 4.83. The molecule has 5 heteroatoms. The zero-order valence-electron chi connectivity index (χ0n) is 16.3. The minimum atomic E-state index is 0.850. The highest BCUT2D eigenvalue weighted by atomic mass is 32.1. The van der Waals surface area contributed by atoms with E-state index < -0.39 is 0 Å². The van der Waals surface area contributed by atoms with Crippen molar-refractivity contribution in [1.82, 2.24) is 9.97 Å². The van der Waals surface area contributed by atoms with E-state index in [1.165, 1.54) is 10.4 Å². The number of methoxy groups -OCH3 is 1. The molecule has 0 aliphatic heterocycles. The van der Waals surface area contributed by atoms with E-state index in [0.717, 1.165) is 38.1 Å². The lowest BCUT2D eigenvalue weighted by Crippen LogP contribution is -1.83. The Balaban J connectivity index is 1.37.